The van der Waals surface area contributed by atoms with E-state index in [1.54, 1.807) is 30.3 Å². The van der Waals surface area contributed by atoms with Gasteiger partial charge in [0.2, 0.25) is 0 Å². The van der Waals surface area contributed by atoms with Crippen LogP contribution >= 0.6 is 0 Å². The molecular formula is C13H8N4O. The molecule has 2 N–H and O–H groups in total. The predicted molar refractivity (Wildman–Crippen MR) is 64.1 cm³/mol. The van der Waals surface area contributed by atoms with Gasteiger partial charge in [-0.05, 0) is 23.8 Å². The number of nitrogens with zero attached hydrogens (tertiary/aromatic N) is 3. The highest BCUT2D eigenvalue weighted by atomic mass is 16.3. The molecule has 18 heavy (non-hydrogen) atoms. The Kier molecular flexibility index (Phi) is 4.21. The zero-order valence-electron chi connectivity index (χ0n) is 9.25. The highest BCUT2D eigenvalue weighted by Gasteiger charge is 2.16. The lowest BCUT2D eigenvalue weighted by Gasteiger charge is -2.01. The van der Waals surface area contributed by atoms with Gasteiger partial charge < -0.3 is 10.5 Å². The van der Waals surface area contributed by atoms with Crippen molar-refractivity contribution in [3.05, 3.63) is 35.4 Å². The first-order valence-corrected chi connectivity index (χ1v) is 4.91. The number of rotatable bonds is 3. The predicted octanol–water partition coefficient (Wildman–Crippen LogP) is 1.98. The Morgan fingerprint density at radius 2 is 1.72 bits per heavy atom. The van der Waals surface area contributed by atoms with Gasteiger partial charge in [-0.1, -0.05) is 12.1 Å². The molecule has 0 spiro atoms. The molecule has 0 atom stereocenters. The molecule has 0 aliphatic heterocycles. The first kappa shape index (κ1) is 13.0. The largest absolute Gasteiger partial charge is 0.508 e. The molecule has 0 radical (unpaired) electrons. The fourth-order valence-electron chi connectivity index (χ4n) is 1.22. The molecule has 5 heteroatoms. The summed E-state index contributed by atoms with van der Waals surface area (Å²) in [4.78, 5) is 0. The average molecular weight is 236 g/mol. The van der Waals surface area contributed by atoms with Crippen LogP contribution in [0.2, 0.25) is 0 Å². The molecule has 0 aliphatic rings. The van der Waals surface area contributed by atoms with E-state index in [9.17, 15) is 0 Å². The summed E-state index contributed by atoms with van der Waals surface area (Å²) in [6.45, 7) is 0. The van der Waals surface area contributed by atoms with Gasteiger partial charge >= 0.3 is 0 Å². The Labute approximate surface area is 104 Å². The summed E-state index contributed by atoms with van der Waals surface area (Å²) < 4.78 is 0. The lowest BCUT2D eigenvalue weighted by atomic mass is 9.98. The van der Waals surface area contributed by atoms with E-state index in [1.165, 1.54) is 18.2 Å². The highest BCUT2D eigenvalue weighted by Crippen LogP contribution is 2.14. The number of nitriles is 3. The maximum absolute atomic E-state index is 9.11. The third-order valence-electron chi connectivity index (χ3n) is 2.16. The Morgan fingerprint density at radius 3 is 2.17 bits per heavy atom. The van der Waals surface area contributed by atoms with E-state index in [4.69, 9.17) is 26.3 Å². The maximum Gasteiger partial charge on any atom is 0.175 e. The van der Waals surface area contributed by atoms with Crippen LogP contribution in [0, 0.1) is 45.3 Å². The SMILES string of the molecule is N#C/C(=C\c1ccc(O)cc1)C(=N)C(C#N)C#N. The van der Waals surface area contributed by atoms with Crippen molar-refractivity contribution >= 4 is 11.8 Å². The van der Waals surface area contributed by atoms with Gasteiger partial charge in [0.15, 0.2) is 5.92 Å². The van der Waals surface area contributed by atoms with E-state index in [2.05, 4.69) is 0 Å². The standard InChI is InChI=1S/C13H8N4O/c14-6-10(13(17)11(7-15)8-16)5-9-1-3-12(18)4-2-9/h1-5,11,17-18H/b10-5+,17-13?. The quantitative estimate of drug-likeness (QED) is 0.616. The number of hydrogen-bond donors (Lipinski definition) is 2. The topological polar surface area (TPSA) is 115 Å². The molecule has 0 saturated carbocycles. The van der Waals surface area contributed by atoms with Gasteiger partial charge in [-0.3, -0.25) is 0 Å². The van der Waals surface area contributed by atoms with Crippen LogP contribution in [-0.4, -0.2) is 10.8 Å². The van der Waals surface area contributed by atoms with E-state index in [1.807, 2.05) is 0 Å². The fraction of sp³-hybridized carbons (Fsp3) is 0.0769. The van der Waals surface area contributed by atoms with Crippen LogP contribution in [0.3, 0.4) is 0 Å². The first-order valence-electron chi connectivity index (χ1n) is 4.91. The highest BCUT2D eigenvalue weighted by molar-refractivity contribution is 6.08. The van der Waals surface area contributed by atoms with Crippen molar-refractivity contribution in [1.29, 1.82) is 21.2 Å². The van der Waals surface area contributed by atoms with Gasteiger partial charge in [-0.25, -0.2) is 0 Å². The maximum atomic E-state index is 9.11. The molecule has 0 amide bonds. The molecule has 0 saturated heterocycles. The van der Waals surface area contributed by atoms with Crippen LogP contribution in [0.25, 0.3) is 6.08 Å². The minimum Gasteiger partial charge on any atom is -0.508 e. The van der Waals surface area contributed by atoms with Crippen molar-refractivity contribution in [1.82, 2.24) is 0 Å². The van der Waals surface area contributed by atoms with Gasteiger partial charge in [0.1, 0.15) is 11.8 Å². The minimum atomic E-state index is -1.26. The second kappa shape index (κ2) is 5.84. The van der Waals surface area contributed by atoms with E-state index in [0.717, 1.165) is 0 Å². The van der Waals surface area contributed by atoms with Crippen molar-refractivity contribution in [3.63, 3.8) is 0 Å². The average Bonchev–Trinajstić information content (AvgIpc) is 2.39. The third-order valence-corrected chi connectivity index (χ3v) is 2.16. The number of phenolic OH excluding ortho intramolecular Hbond substituents is 1. The van der Waals surface area contributed by atoms with Crippen molar-refractivity contribution in [2.24, 2.45) is 5.92 Å². The van der Waals surface area contributed by atoms with E-state index < -0.39 is 5.92 Å². The number of phenols is 1. The Bertz CT molecular complexity index is 594. The number of benzene rings is 1. The molecule has 1 aromatic carbocycles. The van der Waals surface area contributed by atoms with Crippen molar-refractivity contribution < 1.29 is 5.11 Å². The first-order chi connectivity index (χ1) is 8.62. The van der Waals surface area contributed by atoms with E-state index in [-0.39, 0.29) is 17.0 Å². The van der Waals surface area contributed by atoms with Crippen LogP contribution in [0.1, 0.15) is 5.56 Å². The van der Waals surface area contributed by atoms with Crippen LogP contribution in [-0.2, 0) is 0 Å². The number of nitrogens with one attached hydrogen (secondary N) is 1. The van der Waals surface area contributed by atoms with E-state index >= 15 is 0 Å². The summed E-state index contributed by atoms with van der Waals surface area (Å²) in [6, 6.07) is 11.1. The molecule has 86 valence electrons. The minimum absolute atomic E-state index is 0.0474. The summed E-state index contributed by atoms with van der Waals surface area (Å²) in [5.41, 5.74) is 0.230. The molecule has 1 aromatic rings. The Balaban J connectivity index is 3.09. The van der Waals surface area contributed by atoms with Crippen molar-refractivity contribution in [2.45, 2.75) is 0 Å². The lowest BCUT2D eigenvalue weighted by Crippen LogP contribution is -2.11. The second-order valence-electron chi connectivity index (χ2n) is 3.37. The van der Waals surface area contributed by atoms with Gasteiger partial charge in [0.05, 0.1) is 23.4 Å². The summed E-state index contributed by atoms with van der Waals surface area (Å²) in [6.07, 6.45) is 1.39. The zero-order valence-corrected chi connectivity index (χ0v) is 9.25. The summed E-state index contributed by atoms with van der Waals surface area (Å²) in [5, 5.41) is 43.0. The number of hydrogen-bond acceptors (Lipinski definition) is 5. The molecular weight excluding hydrogens is 228 g/mol. The molecule has 0 fully saturated rings. The molecule has 5 nitrogen and oxygen atoms in total. The number of allylic oxidation sites excluding steroid dienone is 1. The van der Waals surface area contributed by atoms with Crippen LogP contribution in [0.15, 0.2) is 29.8 Å². The zero-order chi connectivity index (χ0) is 13.5. The fourth-order valence-corrected chi connectivity index (χ4v) is 1.22. The van der Waals surface area contributed by atoms with Crippen LogP contribution in [0.5, 0.6) is 5.75 Å². The normalized spacial score (nSPS) is 10.2. The number of aromatic hydroxyl groups is 1. The molecule has 0 aromatic heterocycles. The summed E-state index contributed by atoms with van der Waals surface area (Å²) in [7, 11) is 0. The van der Waals surface area contributed by atoms with Gasteiger partial charge in [0.25, 0.3) is 0 Å². The Morgan fingerprint density at radius 1 is 1.17 bits per heavy atom. The third kappa shape index (κ3) is 2.95. The van der Waals surface area contributed by atoms with Gasteiger partial charge in [-0.2, -0.15) is 15.8 Å². The molecule has 1 rings (SSSR count). The van der Waals surface area contributed by atoms with Gasteiger partial charge in [0, 0.05) is 0 Å². The van der Waals surface area contributed by atoms with E-state index in [0.29, 0.717) is 5.56 Å². The summed E-state index contributed by atoms with van der Waals surface area (Å²) in [5.74, 6) is -1.17. The lowest BCUT2D eigenvalue weighted by molar-refractivity contribution is 0.475. The summed E-state index contributed by atoms with van der Waals surface area (Å²) >= 11 is 0. The Hall–Kier alpha value is -3.10. The second-order valence-corrected chi connectivity index (χ2v) is 3.37. The molecule has 0 bridgehead atoms. The molecule has 0 aliphatic carbocycles. The van der Waals surface area contributed by atoms with Gasteiger partial charge in [-0.15, -0.1) is 0 Å². The van der Waals surface area contributed by atoms with Crippen molar-refractivity contribution in [3.8, 4) is 24.0 Å². The van der Waals surface area contributed by atoms with Crippen LogP contribution < -0.4 is 0 Å². The monoisotopic (exact) mass is 236 g/mol. The molecule has 0 heterocycles. The molecule has 0 unspecified atom stereocenters. The van der Waals surface area contributed by atoms with Crippen LogP contribution in [0.4, 0.5) is 0 Å². The van der Waals surface area contributed by atoms with Crippen molar-refractivity contribution in [2.75, 3.05) is 0 Å². The smallest absolute Gasteiger partial charge is 0.175 e.